The summed E-state index contributed by atoms with van der Waals surface area (Å²) in [4.78, 5) is 13.0. The minimum Gasteiger partial charge on any atom is -0.444 e. The molecule has 1 amide bonds. The maximum atomic E-state index is 12.3. The van der Waals surface area contributed by atoms with Gasteiger partial charge in [-0.25, -0.2) is 13.1 Å². The van der Waals surface area contributed by atoms with Crippen LogP contribution in [0.1, 0.15) is 15.4 Å². The summed E-state index contributed by atoms with van der Waals surface area (Å²) in [5, 5.41) is 4.53. The minimum atomic E-state index is -3.61. The van der Waals surface area contributed by atoms with Gasteiger partial charge in [-0.15, -0.1) is 11.3 Å². The quantitative estimate of drug-likeness (QED) is 0.609. The number of amides is 1. The van der Waals surface area contributed by atoms with Crippen molar-refractivity contribution in [3.63, 3.8) is 0 Å². The molecule has 2 N–H and O–H groups in total. The zero-order chi connectivity index (χ0) is 17.9. The van der Waals surface area contributed by atoms with Crippen molar-refractivity contribution < 1.29 is 17.6 Å². The smallest absolute Gasteiger partial charge is 0.291 e. The van der Waals surface area contributed by atoms with E-state index in [1.54, 1.807) is 6.07 Å². The molecule has 1 aromatic carbocycles. The molecule has 0 saturated carbocycles. The predicted molar refractivity (Wildman–Crippen MR) is 99.1 cm³/mol. The first-order chi connectivity index (χ1) is 11.9. The maximum absolute atomic E-state index is 12.3. The molecule has 0 aliphatic rings. The van der Waals surface area contributed by atoms with Crippen LogP contribution in [0, 0.1) is 0 Å². The van der Waals surface area contributed by atoms with Crippen LogP contribution < -0.4 is 10.0 Å². The third-order valence-electron chi connectivity index (χ3n) is 3.24. The molecule has 0 saturated heterocycles. The van der Waals surface area contributed by atoms with Crippen LogP contribution in [0.5, 0.6) is 0 Å². The molecule has 0 radical (unpaired) electrons. The summed E-state index contributed by atoms with van der Waals surface area (Å²) in [7, 11) is -3.61. The van der Waals surface area contributed by atoms with Crippen LogP contribution in [-0.2, 0) is 16.6 Å². The Kier molecular flexibility index (Phi) is 5.38. The van der Waals surface area contributed by atoms with Gasteiger partial charge in [0.05, 0.1) is 4.90 Å². The molecule has 0 fully saturated rings. The lowest BCUT2D eigenvalue weighted by Crippen LogP contribution is -2.22. The molecule has 0 aliphatic heterocycles. The number of carbonyl (C=O) groups excluding carboxylic acids is 1. The largest absolute Gasteiger partial charge is 0.444 e. The SMILES string of the molecule is O=C(Nc1ccc(S(=O)(=O)NCc2cccs2)cc1)c1ccc(Br)o1. The molecule has 0 aliphatic carbocycles. The second kappa shape index (κ2) is 7.52. The molecule has 130 valence electrons. The van der Waals surface area contributed by atoms with E-state index in [0.717, 1.165) is 4.88 Å². The van der Waals surface area contributed by atoms with Crippen molar-refractivity contribution in [1.82, 2.24) is 4.72 Å². The average molecular weight is 441 g/mol. The Hall–Kier alpha value is -1.94. The molecule has 6 nitrogen and oxygen atoms in total. The van der Waals surface area contributed by atoms with Gasteiger partial charge in [0.25, 0.3) is 5.91 Å². The van der Waals surface area contributed by atoms with Gasteiger partial charge in [-0.05, 0) is 63.8 Å². The van der Waals surface area contributed by atoms with E-state index in [-0.39, 0.29) is 17.2 Å². The molecule has 3 rings (SSSR count). The normalized spacial score (nSPS) is 11.4. The van der Waals surface area contributed by atoms with Gasteiger partial charge in [-0.1, -0.05) is 6.07 Å². The number of halogens is 1. The summed E-state index contributed by atoms with van der Waals surface area (Å²) in [5.41, 5.74) is 0.467. The van der Waals surface area contributed by atoms with Crippen molar-refractivity contribution in [3.8, 4) is 0 Å². The number of sulfonamides is 1. The van der Waals surface area contributed by atoms with Crippen molar-refractivity contribution in [2.24, 2.45) is 0 Å². The minimum absolute atomic E-state index is 0.128. The van der Waals surface area contributed by atoms with Crippen molar-refractivity contribution in [2.45, 2.75) is 11.4 Å². The Morgan fingerprint density at radius 3 is 2.48 bits per heavy atom. The van der Waals surface area contributed by atoms with Gasteiger partial charge in [0.1, 0.15) is 0 Å². The van der Waals surface area contributed by atoms with Crippen LogP contribution in [0.3, 0.4) is 0 Å². The van der Waals surface area contributed by atoms with Crippen LogP contribution in [0.2, 0.25) is 0 Å². The summed E-state index contributed by atoms with van der Waals surface area (Å²) in [5.74, 6) is -0.265. The number of carbonyl (C=O) groups is 1. The Balaban J connectivity index is 1.65. The number of nitrogens with one attached hydrogen (secondary N) is 2. The van der Waals surface area contributed by atoms with Crippen LogP contribution in [-0.4, -0.2) is 14.3 Å². The molecule has 2 heterocycles. The van der Waals surface area contributed by atoms with E-state index in [9.17, 15) is 13.2 Å². The third kappa shape index (κ3) is 4.57. The monoisotopic (exact) mass is 440 g/mol. The molecule has 3 aromatic rings. The highest BCUT2D eigenvalue weighted by molar-refractivity contribution is 9.10. The fourth-order valence-electron chi connectivity index (χ4n) is 2.01. The summed E-state index contributed by atoms with van der Waals surface area (Å²) >= 11 is 4.61. The summed E-state index contributed by atoms with van der Waals surface area (Å²) in [6, 6.07) is 12.8. The third-order valence-corrected chi connectivity index (χ3v) is 5.96. The predicted octanol–water partition coefficient (Wildman–Crippen LogP) is 3.83. The molecule has 25 heavy (non-hydrogen) atoms. The van der Waals surface area contributed by atoms with E-state index < -0.39 is 15.9 Å². The van der Waals surface area contributed by atoms with Crippen molar-refractivity contribution in [1.29, 1.82) is 0 Å². The van der Waals surface area contributed by atoms with Crippen LogP contribution in [0.15, 0.2) is 67.9 Å². The lowest BCUT2D eigenvalue weighted by molar-refractivity contribution is 0.0995. The summed E-state index contributed by atoms with van der Waals surface area (Å²) in [6.45, 7) is 0.242. The molecule has 2 aromatic heterocycles. The Bertz CT molecular complexity index is 964. The zero-order valence-electron chi connectivity index (χ0n) is 12.7. The van der Waals surface area contributed by atoms with Crippen molar-refractivity contribution >= 4 is 48.9 Å². The van der Waals surface area contributed by atoms with Gasteiger partial charge in [-0.2, -0.15) is 0 Å². The first-order valence-electron chi connectivity index (χ1n) is 7.13. The molecule has 0 unspecified atom stereocenters. The van der Waals surface area contributed by atoms with Crippen LogP contribution >= 0.6 is 27.3 Å². The second-order valence-electron chi connectivity index (χ2n) is 4.99. The Labute approximate surface area is 157 Å². The molecular weight excluding hydrogens is 428 g/mol. The number of hydrogen-bond donors (Lipinski definition) is 2. The van der Waals surface area contributed by atoms with E-state index in [1.807, 2.05) is 17.5 Å². The second-order valence-corrected chi connectivity index (χ2v) is 8.57. The number of anilines is 1. The molecule has 0 bridgehead atoms. The molecule has 0 spiro atoms. The van der Waals surface area contributed by atoms with Crippen molar-refractivity contribution in [2.75, 3.05) is 5.32 Å². The van der Waals surface area contributed by atoms with Gasteiger partial charge in [0, 0.05) is 17.1 Å². The van der Waals surface area contributed by atoms with Gasteiger partial charge in [0.2, 0.25) is 10.0 Å². The van der Waals surface area contributed by atoms with E-state index >= 15 is 0 Å². The number of hydrogen-bond acceptors (Lipinski definition) is 5. The standard InChI is InChI=1S/C16H13BrN2O4S2/c17-15-8-7-14(23-15)16(20)19-11-3-5-13(6-4-11)25(21,22)18-10-12-2-1-9-24-12/h1-9,18H,10H2,(H,19,20). The lowest BCUT2D eigenvalue weighted by Gasteiger charge is -2.07. The molecule has 0 atom stereocenters. The van der Waals surface area contributed by atoms with Crippen LogP contribution in [0.25, 0.3) is 0 Å². The molecular formula is C16H13BrN2O4S2. The number of thiophene rings is 1. The van der Waals surface area contributed by atoms with Crippen molar-refractivity contribution in [3.05, 3.63) is 69.2 Å². The fraction of sp³-hybridized carbons (Fsp3) is 0.0625. The van der Waals surface area contributed by atoms with Gasteiger partial charge < -0.3 is 9.73 Å². The van der Waals surface area contributed by atoms with Crippen LogP contribution in [0.4, 0.5) is 5.69 Å². The molecule has 9 heteroatoms. The first kappa shape index (κ1) is 17.9. The van der Waals surface area contributed by atoms with E-state index in [0.29, 0.717) is 10.4 Å². The topological polar surface area (TPSA) is 88.4 Å². The highest BCUT2D eigenvalue weighted by atomic mass is 79.9. The fourth-order valence-corrected chi connectivity index (χ4v) is 4.06. The Morgan fingerprint density at radius 1 is 1.12 bits per heavy atom. The maximum Gasteiger partial charge on any atom is 0.291 e. The van der Waals surface area contributed by atoms with E-state index in [2.05, 4.69) is 26.0 Å². The van der Waals surface area contributed by atoms with E-state index in [1.165, 1.54) is 41.7 Å². The highest BCUT2D eigenvalue weighted by Crippen LogP contribution is 2.18. The lowest BCUT2D eigenvalue weighted by atomic mass is 10.3. The zero-order valence-corrected chi connectivity index (χ0v) is 15.9. The van der Waals surface area contributed by atoms with Gasteiger partial charge >= 0.3 is 0 Å². The number of benzene rings is 1. The average Bonchev–Trinajstić information content (AvgIpc) is 3.25. The summed E-state index contributed by atoms with van der Waals surface area (Å²) < 4.78 is 32.7. The highest BCUT2D eigenvalue weighted by Gasteiger charge is 2.15. The Morgan fingerprint density at radius 2 is 1.88 bits per heavy atom. The van der Waals surface area contributed by atoms with Gasteiger partial charge in [0.15, 0.2) is 10.4 Å². The van der Waals surface area contributed by atoms with E-state index in [4.69, 9.17) is 4.42 Å². The first-order valence-corrected chi connectivity index (χ1v) is 10.3. The summed E-state index contributed by atoms with van der Waals surface area (Å²) in [6.07, 6.45) is 0. The number of rotatable bonds is 6. The number of furan rings is 1. The van der Waals surface area contributed by atoms with Gasteiger partial charge in [-0.3, -0.25) is 4.79 Å².